The molecule has 1 aromatic carbocycles. The largest absolute Gasteiger partial charge is 0.497 e. The number of carboxylic acids is 1. The van der Waals surface area contributed by atoms with Crippen molar-refractivity contribution in [2.45, 2.75) is 51.1 Å². The first-order chi connectivity index (χ1) is 9.53. The maximum absolute atomic E-state index is 12.0. The second-order valence-corrected chi connectivity index (χ2v) is 5.54. The first-order valence-electron chi connectivity index (χ1n) is 7.22. The van der Waals surface area contributed by atoms with Crippen molar-refractivity contribution in [3.63, 3.8) is 0 Å². The van der Waals surface area contributed by atoms with Crippen LogP contribution in [-0.2, 0) is 16.8 Å². The molecule has 0 saturated carbocycles. The predicted molar refractivity (Wildman–Crippen MR) is 78.1 cm³/mol. The van der Waals surface area contributed by atoms with Gasteiger partial charge in [-0.2, -0.15) is 0 Å². The third-order valence-corrected chi connectivity index (χ3v) is 4.24. The molecule has 2 rings (SSSR count). The summed E-state index contributed by atoms with van der Waals surface area (Å²) in [6, 6.07) is 5.92. The number of ether oxygens (including phenoxy) is 1. The average Bonchev–Trinajstić information content (AvgIpc) is 2.46. The second kappa shape index (κ2) is 5.83. The van der Waals surface area contributed by atoms with Crippen LogP contribution in [0, 0.1) is 0 Å². The Morgan fingerprint density at radius 3 is 2.90 bits per heavy atom. The summed E-state index contributed by atoms with van der Waals surface area (Å²) in [6.45, 7) is 4.08. The highest BCUT2D eigenvalue weighted by Crippen LogP contribution is 2.38. The van der Waals surface area contributed by atoms with E-state index in [1.807, 2.05) is 25.1 Å². The number of aliphatic carboxylic acids is 1. The fraction of sp³-hybridized carbons (Fsp3) is 0.562. The third kappa shape index (κ3) is 2.52. The van der Waals surface area contributed by atoms with Crippen LogP contribution in [0.25, 0.3) is 0 Å². The molecule has 0 amide bonds. The predicted octanol–water partition coefficient (Wildman–Crippen LogP) is 2.70. The smallest absolute Gasteiger partial charge is 0.328 e. The molecule has 1 aliphatic rings. The van der Waals surface area contributed by atoms with Crippen molar-refractivity contribution in [2.24, 2.45) is 0 Å². The lowest BCUT2D eigenvalue weighted by atomic mass is 9.75. The Balaban J connectivity index is 2.52. The summed E-state index contributed by atoms with van der Waals surface area (Å²) in [5, 5.41) is 13.2. The van der Waals surface area contributed by atoms with Gasteiger partial charge in [0.25, 0.3) is 0 Å². The molecule has 2 atom stereocenters. The van der Waals surface area contributed by atoms with Crippen molar-refractivity contribution in [1.82, 2.24) is 5.32 Å². The van der Waals surface area contributed by atoms with Crippen molar-refractivity contribution in [3.05, 3.63) is 29.3 Å². The van der Waals surface area contributed by atoms with Crippen LogP contribution in [0.3, 0.4) is 0 Å². The van der Waals surface area contributed by atoms with Gasteiger partial charge in [-0.05, 0) is 55.9 Å². The zero-order chi connectivity index (χ0) is 14.8. The number of nitrogens with one attached hydrogen (secondary N) is 1. The van der Waals surface area contributed by atoms with Crippen LogP contribution in [0.4, 0.5) is 0 Å². The number of hydrogen-bond acceptors (Lipinski definition) is 3. The fourth-order valence-corrected chi connectivity index (χ4v) is 2.93. The van der Waals surface area contributed by atoms with Gasteiger partial charge in [0, 0.05) is 6.04 Å². The van der Waals surface area contributed by atoms with E-state index < -0.39 is 11.5 Å². The number of carboxylic acid groups (broad SMARTS) is 1. The van der Waals surface area contributed by atoms with Crippen molar-refractivity contribution in [3.8, 4) is 5.75 Å². The van der Waals surface area contributed by atoms with E-state index in [0.29, 0.717) is 12.2 Å². The van der Waals surface area contributed by atoms with Crippen molar-refractivity contribution in [1.29, 1.82) is 0 Å². The quantitative estimate of drug-likeness (QED) is 0.869. The molecule has 0 radical (unpaired) electrons. The molecule has 2 unspecified atom stereocenters. The molecule has 0 fully saturated rings. The van der Waals surface area contributed by atoms with Gasteiger partial charge in [-0.1, -0.05) is 13.0 Å². The summed E-state index contributed by atoms with van der Waals surface area (Å²) in [7, 11) is 1.61. The molecular weight excluding hydrogens is 254 g/mol. The average molecular weight is 277 g/mol. The Morgan fingerprint density at radius 1 is 1.55 bits per heavy atom. The summed E-state index contributed by atoms with van der Waals surface area (Å²) in [5.41, 5.74) is 0.975. The van der Waals surface area contributed by atoms with Gasteiger partial charge in [0.05, 0.1) is 7.11 Å². The minimum Gasteiger partial charge on any atom is -0.497 e. The van der Waals surface area contributed by atoms with E-state index in [9.17, 15) is 9.90 Å². The lowest BCUT2D eigenvalue weighted by molar-refractivity contribution is -0.146. The zero-order valence-corrected chi connectivity index (χ0v) is 12.4. The van der Waals surface area contributed by atoms with Crippen LogP contribution in [-0.4, -0.2) is 24.2 Å². The van der Waals surface area contributed by atoms with Crippen molar-refractivity contribution < 1.29 is 14.6 Å². The van der Waals surface area contributed by atoms with E-state index in [4.69, 9.17) is 4.74 Å². The van der Waals surface area contributed by atoms with E-state index in [1.165, 1.54) is 0 Å². The van der Waals surface area contributed by atoms with E-state index in [0.717, 1.165) is 30.4 Å². The van der Waals surface area contributed by atoms with Gasteiger partial charge < -0.3 is 9.84 Å². The molecule has 20 heavy (non-hydrogen) atoms. The van der Waals surface area contributed by atoms with Crippen LogP contribution in [0.15, 0.2) is 18.2 Å². The molecule has 1 aliphatic carbocycles. The van der Waals surface area contributed by atoms with Gasteiger partial charge in [-0.15, -0.1) is 0 Å². The summed E-state index contributed by atoms with van der Waals surface area (Å²) in [4.78, 5) is 12.0. The lowest BCUT2D eigenvalue weighted by Gasteiger charge is -2.38. The highest BCUT2D eigenvalue weighted by molar-refractivity contribution is 5.82. The topological polar surface area (TPSA) is 58.6 Å². The van der Waals surface area contributed by atoms with Gasteiger partial charge in [-0.25, -0.2) is 4.79 Å². The fourth-order valence-electron chi connectivity index (χ4n) is 2.93. The normalized spacial score (nSPS) is 22.9. The van der Waals surface area contributed by atoms with E-state index >= 15 is 0 Å². The van der Waals surface area contributed by atoms with Gasteiger partial charge in [-0.3, -0.25) is 5.32 Å². The van der Waals surface area contributed by atoms with Crippen LogP contribution < -0.4 is 10.1 Å². The highest BCUT2D eigenvalue weighted by Gasteiger charge is 2.44. The number of rotatable bonds is 5. The summed E-state index contributed by atoms with van der Waals surface area (Å²) in [6.07, 6.45) is 3.33. The van der Waals surface area contributed by atoms with Gasteiger partial charge in [0.15, 0.2) is 0 Å². The Bertz CT molecular complexity index is 500. The second-order valence-electron chi connectivity index (χ2n) is 5.54. The Morgan fingerprint density at radius 2 is 2.30 bits per heavy atom. The highest BCUT2D eigenvalue weighted by atomic mass is 16.5. The summed E-state index contributed by atoms with van der Waals surface area (Å²) < 4.78 is 5.26. The maximum Gasteiger partial charge on any atom is 0.328 e. The van der Waals surface area contributed by atoms with Gasteiger partial charge >= 0.3 is 5.97 Å². The van der Waals surface area contributed by atoms with E-state index in [2.05, 4.69) is 12.2 Å². The molecule has 0 aliphatic heterocycles. The monoisotopic (exact) mass is 277 g/mol. The van der Waals surface area contributed by atoms with Crippen molar-refractivity contribution in [2.75, 3.05) is 7.11 Å². The van der Waals surface area contributed by atoms with E-state index in [1.54, 1.807) is 7.11 Å². The molecule has 0 bridgehead atoms. The van der Waals surface area contributed by atoms with E-state index in [-0.39, 0.29) is 6.04 Å². The Kier molecular flexibility index (Phi) is 4.33. The number of carbonyl (C=O) groups is 1. The molecule has 0 heterocycles. The number of fused-ring (bicyclic) bond motifs is 1. The molecule has 2 N–H and O–H groups in total. The lowest BCUT2D eigenvalue weighted by Crippen LogP contribution is -2.54. The number of aryl methyl sites for hydroxylation is 1. The molecule has 4 heteroatoms. The molecule has 0 aromatic heterocycles. The number of methoxy groups -OCH3 is 1. The van der Waals surface area contributed by atoms with Crippen LogP contribution in [0.2, 0.25) is 0 Å². The van der Waals surface area contributed by atoms with Crippen molar-refractivity contribution >= 4 is 5.97 Å². The summed E-state index contributed by atoms with van der Waals surface area (Å²) in [5.74, 6) is -0.0887. The number of hydrogen-bond donors (Lipinski definition) is 2. The van der Waals surface area contributed by atoms with Gasteiger partial charge in [0.2, 0.25) is 0 Å². The molecule has 110 valence electrons. The maximum atomic E-state index is 12.0. The SMILES string of the molecule is CCC(C)NC1(C(=O)O)CCCc2ccc(OC)cc21. The molecule has 4 nitrogen and oxygen atoms in total. The van der Waals surface area contributed by atoms with Gasteiger partial charge in [0.1, 0.15) is 11.3 Å². The van der Waals surface area contributed by atoms with Crippen LogP contribution in [0.1, 0.15) is 44.2 Å². The minimum atomic E-state index is -0.989. The minimum absolute atomic E-state index is 0.156. The first-order valence-corrected chi connectivity index (χ1v) is 7.22. The molecule has 1 aromatic rings. The zero-order valence-electron chi connectivity index (χ0n) is 12.4. The van der Waals surface area contributed by atoms with Crippen LogP contribution in [0.5, 0.6) is 5.75 Å². The Hall–Kier alpha value is -1.55. The first kappa shape index (κ1) is 14.9. The van der Waals surface area contributed by atoms with Crippen LogP contribution >= 0.6 is 0 Å². The number of benzene rings is 1. The standard InChI is InChI=1S/C16H23NO3/c1-4-11(2)17-16(15(18)19)9-5-6-12-7-8-13(20-3)10-14(12)16/h7-8,10-11,17H,4-6,9H2,1-3H3,(H,18,19). The Labute approximate surface area is 120 Å². The summed E-state index contributed by atoms with van der Waals surface area (Å²) >= 11 is 0. The molecular formula is C16H23NO3. The molecule has 0 saturated heterocycles. The molecule has 0 spiro atoms. The third-order valence-electron chi connectivity index (χ3n) is 4.24.